The van der Waals surface area contributed by atoms with Crippen molar-refractivity contribution in [3.8, 4) is 11.5 Å². The van der Waals surface area contributed by atoms with E-state index in [2.05, 4.69) is 190 Å². The normalized spacial score (nSPS) is 12.3. The summed E-state index contributed by atoms with van der Waals surface area (Å²) in [6.07, 6.45) is 6.02. The van der Waals surface area contributed by atoms with Crippen LogP contribution >= 0.6 is 0 Å². The fraction of sp³-hybridized carbons (Fsp3) is 0.220. The number of para-hydroxylation sites is 2. The minimum atomic E-state index is -0.122. The third-order valence-corrected chi connectivity index (χ3v) is 10.1. The SMILES string of the molecule is Cn1ccn(-c2[c-]c(N(c3[c-]c4c(cc3)c3ccccc3n4-c3ccccn3)c3c(C(C)(C)C)cccc3C(C)(C)C)ccc2)[c]1=[Pt]. The summed E-state index contributed by atoms with van der Waals surface area (Å²) in [6.45, 7) is 13.8. The van der Waals surface area contributed by atoms with E-state index < -0.39 is 0 Å². The van der Waals surface area contributed by atoms with E-state index in [0.717, 1.165) is 43.1 Å². The second-order valence-electron chi connectivity index (χ2n) is 14.1. The average molecular weight is 797 g/mol. The van der Waals surface area contributed by atoms with E-state index in [4.69, 9.17) is 4.98 Å². The third-order valence-electron chi connectivity index (χ3n) is 8.72. The molecule has 0 bridgehead atoms. The van der Waals surface area contributed by atoms with Crippen molar-refractivity contribution in [1.29, 1.82) is 0 Å². The summed E-state index contributed by atoms with van der Waals surface area (Å²) >= 11 is 2.37. The van der Waals surface area contributed by atoms with Gasteiger partial charge in [0, 0.05) is 6.20 Å². The summed E-state index contributed by atoms with van der Waals surface area (Å²) in [5.41, 5.74) is 8.43. The Labute approximate surface area is 288 Å². The molecule has 0 radical (unpaired) electrons. The fourth-order valence-corrected chi connectivity index (χ4v) is 7.05. The molecule has 3 heterocycles. The number of nitrogens with zero attached hydrogens (tertiary/aromatic N) is 5. The van der Waals surface area contributed by atoms with Crippen molar-refractivity contribution in [3.05, 3.63) is 137 Å². The second-order valence-corrected chi connectivity index (χ2v) is 15.1. The second kappa shape index (κ2) is 11.6. The Morgan fingerprint density at radius 1 is 0.681 bits per heavy atom. The average Bonchev–Trinajstić information content (AvgIpc) is 3.56. The van der Waals surface area contributed by atoms with Crippen molar-refractivity contribution < 1.29 is 19.4 Å². The van der Waals surface area contributed by atoms with E-state index in [9.17, 15) is 0 Å². The van der Waals surface area contributed by atoms with E-state index in [1.165, 1.54) is 22.2 Å². The number of hydrogen-bond acceptors (Lipinski definition) is 2. The number of imidazole rings is 1. The molecule has 0 amide bonds. The molecule has 0 saturated carbocycles. The topological polar surface area (TPSA) is 30.9 Å². The van der Waals surface area contributed by atoms with Crippen LogP contribution in [0.2, 0.25) is 0 Å². The molecule has 0 N–H and O–H groups in total. The molecule has 0 unspecified atom stereocenters. The first-order valence-corrected chi connectivity index (χ1v) is 17.1. The minimum absolute atomic E-state index is 0.122. The summed E-state index contributed by atoms with van der Waals surface area (Å²) < 4.78 is 7.62. The molecule has 0 aliphatic rings. The van der Waals surface area contributed by atoms with Crippen molar-refractivity contribution in [3.63, 3.8) is 0 Å². The Balaban J connectivity index is 1.58. The Hall–Kier alpha value is -4.47. The van der Waals surface area contributed by atoms with Gasteiger partial charge in [0.2, 0.25) is 0 Å². The third kappa shape index (κ3) is 5.51. The van der Waals surface area contributed by atoms with Gasteiger partial charge in [0.1, 0.15) is 0 Å². The van der Waals surface area contributed by atoms with Crippen LogP contribution in [0.1, 0.15) is 52.7 Å². The summed E-state index contributed by atoms with van der Waals surface area (Å²) in [4.78, 5) is 7.15. The molecule has 0 fully saturated rings. The van der Waals surface area contributed by atoms with E-state index in [0.29, 0.717) is 0 Å². The number of aromatic nitrogens is 4. The molecule has 47 heavy (non-hydrogen) atoms. The molecule has 4 aromatic carbocycles. The predicted molar refractivity (Wildman–Crippen MR) is 190 cm³/mol. The maximum absolute atomic E-state index is 4.78. The van der Waals surface area contributed by atoms with Crippen LogP contribution in [0.15, 0.2) is 110 Å². The van der Waals surface area contributed by atoms with Gasteiger partial charge in [-0.15, -0.1) is 0 Å². The van der Waals surface area contributed by atoms with Gasteiger partial charge < -0.3 is 0 Å². The van der Waals surface area contributed by atoms with E-state index in [-0.39, 0.29) is 10.8 Å². The van der Waals surface area contributed by atoms with Crippen molar-refractivity contribution in [2.24, 2.45) is 7.05 Å². The van der Waals surface area contributed by atoms with Crippen LogP contribution < -0.4 is 4.90 Å². The number of hydrogen-bond donors (Lipinski definition) is 0. The van der Waals surface area contributed by atoms with Crippen molar-refractivity contribution in [1.82, 2.24) is 18.7 Å². The molecular weight excluding hydrogens is 758 g/mol. The molecule has 7 rings (SSSR count). The van der Waals surface area contributed by atoms with Gasteiger partial charge in [0.15, 0.2) is 0 Å². The molecule has 0 aliphatic carbocycles. The first-order chi connectivity index (χ1) is 22.4. The molecule has 0 atom stereocenters. The quantitative estimate of drug-likeness (QED) is 0.163. The monoisotopic (exact) mass is 796 g/mol. The summed E-state index contributed by atoms with van der Waals surface area (Å²) in [5, 5.41) is 2.32. The first kappa shape index (κ1) is 31.1. The number of pyridine rings is 1. The van der Waals surface area contributed by atoms with Crippen LogP contribution in [0, 0.1) is 15.9 Å². The molecule has 240 valence electrons. The van der Waals surface area contributed by atoms with E-state index >= 15 is 0 Å². The molecule has 0 aliphatic heterocycles. The molecule has 3 aromatic heterocycles. The Morgan fingerprint density at radius 3 is 2.02 bits per heavy atom. The summed E-state index contributed by atoms with van der Waals surface area (Å²) in [5.74, 6) is 0.868. The fourth-order valence-electron chi connectivity index (χ4n) is 6.44. The maximum atomic E-state index is 4.78. The van der Waals surface area contributed by atoms with Crippen LogP contribution in [0.25, 0.3) is 33.3 Å². The van der Waals surface area contributed by atoms with Gasteiger partial charge in [0.25, 0.3) is 0 Å². The molecule has 7 aromatic rings. The Kier molecular flexibility index (Phi) is 7.72. The number of benzene rings is 4. The first-order valence-electron chi connectivity index (χ1n) is 16.0. The number of rotatable bonds is 5. The zero-order valence-electron chi connectivity index (χ0n) is 27.9. The number of aryl methyl sites for hydroxylation is 1. The molecule has 0 spiro atoms. The number of fused-ring (bicyclic) bond motifs is 3. The Morgan fingerprint density at radius 2 is 1.36 bits per heavy atom. The van der Waals surface area contributed by atoms with Gasteiger partial charge in [-0.05, 0) is 6.07 Å². The van der Waals surface area contributed by atoms with Crippen LogP contribution in [0.3, 0.4) is 0 Å². The van der Waals surface area contributed by atoms with Crippen molar-refractivity contribution >= 4 is 38.9 Å². The molecular formula is C41H39N5Pt-2. The summed E-state index contributed by atoms with van der Waals surface area (Å²) in [6, 6.07) is 40.0. The molecule has 5 nitrogen and oxygen atoms in total. The van der Waals surface area contributed by atoms with Gasteiger partial charge in [0.05, 0.1) is 0 Å². The van der Waals surface area contributed by atoms with Crippen LogP contribution in [-0.4, -0.2) is 18.7 Å². The van der Waals surface area contributed by atoms with E-state index in [1.54, 1.807) is 0 Å². The standard InChI is InChI=1S/C41H39N5.Pt/c1-40(2,3)34-17-13-18-35(41(4,5)6)39(34)45(30-15-12-14-29(26-30)44-25-24-43(7)28-44)31-21-22-33-32-16-8-9-19-36(32)46(37(33)27-31)38-20-10-11-23-42-38;/h8-25H,1-7H3;/q-2;. The van der Waals surface area contributed by atoms with Gasteiger partial charge in [-0.2, -0.15) is 0 Å². The van der Waals surface area contributed by atoms with Gasteiger partial charge in [-0.3, -0.25) is 0 Å². The molecule has 0 saturated heterocycles. The van der Waals surface area contributed by atoms with Crippen LogP contribution in [0.5, 0.6) is 0 Å². The zero-order valence-corrected chi connectivity index (χ0v) is 30.2. The Bertz CT molecular complexity index is 2280. The van der Waals surface area contributed by atoms with Crippen LogP contribution in [0.4, 0.5) is 17.1 Å². The zero-order chi connectivity index (χ0) is 33.1. The van der Waals surface area contributed by atoms with Crippen molar-refractivity contribution in [2.75, 3.05) is 4.90 Å². The van der Waals surface area contributed by atoms with Crippen LogP contribution in [-0.2, 0) is 37.2 Å². The van der Waals surface area contributed by atoms with E-state index in [1.807, 2.05) is 18.3 Å². The van der Waals surface area contributed by atoms with Crippen molar-refractivity contribution in [2.45, 2.75) is 52.4 Å². The predicted octanol–water partition coefficient (Wildman–Crippen LogP) is 10.1. The molecule has 6 heteroatoms. The van der Waals surface area contributed by atoms with Gasteiger partial charge >= 0.3 is 259 Å². The summed E-state index contributed by atoms with van der Waals surface area (Å²) in [7, 11) is 2.06. The van der Waals surface area contributed by atoms with Gasteiger partial charge in [-0.25, -0.2) is 0 Å². The van der Waals surface area contributed by atoms with Gasteiger partial charge in [-0.1, -0.05) is 18.2 Å². The number of anilines is 3.